The summed E-state index contributed by atoms with van der Waals surface area (Å²) in [5, 5.41) is 12.3. The molecule has 3 nitrogen and oxygen atoms in total. The minimum absolute atomic E-state index is 0.367. The molecule has 1 rings (SSSR count). The van der Waals surface area contributed by atoms with Gasteiger partial charge in [-0.25, -0.2) is 0 Å². The zero-order chi connectivity index (χ0) is 11.3. The van der Waals surface area contributed by atoms with Crippen molar-refractivity contribution < 1.29 is 9.90 Å². The molecule has 0 saturated carbocycles. The van der Waals surface area contributed by atoms with Crippen molar-refractivity contribution in [1.29, 1.82) is 0 Å². The second kappa shape index (κ2) is 6.38. The van der Waals surface area contributed by atoms with E-state index in [2.05, 4.69) is 19.2 Å². The van der Waals surface area contributed by atoms with Crippen LogP contribution in [-0.2, 0) is 4.79 Å². The lowest BCUT2D eigenvalue weighted by Crippen LogP contribution is -2.46. The van der Waals surface area contributed by atoms with Crippen molar-refractivity contribution in [3.05, 3.63) is 0 Å². The van der Waals surface area contributed by atoms with Gasteiger partial charge in [0.1, 0.15) is 6.04 Å². The number of carbonyl (C=O) groups is 1. The van der Waals surface area contributed by atoms with E-state index in [0.717, 1.165) is 18.6 Å². The normalized spacial score (nSPS) is 24.1. The number of aliphatic carboxylic acids is 1. The van der Waals surface area contributed by atoms with Gasteiger partial charge in [0.2, 0.25) is 0 Å². The zero-order valence-corrected chi connectivity index (χ0v) is 10.3. The maximum Gasteiger partial charge on any atom is 0.320 e. The van der Waals surface area contributed by atoms with E-state index in [-0.39, 0.29) is 6.04 Å². The Morgan fingerprint density at radius 2 is 2.33 bits per heavy atom. The molecule has 0 amide bonds. The van der Waals surface area contributed by atoms with Crippen LogP contribution in [0.4, 0.5) is 0 Å². The molecular formula is C11H21NO2S. The number of carboxylic acid groups (broad SMARTS) is 1. The fraction of sp³-hybridized carbons (Fsp3) is 0.909. The molecule has 0 aromatic rings. The number of carboxylic acids is 1. The summed E-state index contributed by atoms with van der Waals surface area (Å²) in [6.45, 7) is 4.13. The number of rotatable bonds is 5. The largest absolute Gasteiger partial charge is 0.480 e. The van der Waals surface area contributed by atoms with E-state index in [9.17, 15) is 4.79 Å². The van der Waals surface area contributed by atoms with Crippen LogP contribution in [0.1, 0.15) is 33.1 Å². The molecule has 0 spiro atoms. The molecule has 4 heteroatoms. The Hall–Kier alpha value is -0.220. The van der Waals surface area contributed by atoms with Crippen LogP contribution in [0.2, 0.25) is 0 Å². The van der Waals surface area contributed by atoms with Crippen molar-refractivity contribution >= 4 is 17.7 Å². The van der Waals surface area contributed by atoms with Gasteiger partial charge in [0, 0.05) is 11.8 Å². The monoisotopic (exact) mass is 231 g/mol. The third-order valence-electron chi connectivity index (χ3n) is 2.60. The number of hydrogen-bond donors (Lipinski definition) is 2. The molecule has 1 aliphatic rings. The second-order valence-electron chi connectivity index (χ2n) is 4.60. The van der Waals surface area contributed by atoms with E-state index in [1.165, 1.54) is 12.2 Å². The third kappa shape index (κ3) is 4.89. The minimum Gasteiger partial charge on any atom is -0.480 e. The van der Waals surface area contributed by atoms with E-state index in [1.807, 2.05) is 11.8 Å². The van der Waals surface area contributed by atoms with Gasteiger partial charge in [-0.05, 0) is 30.9 Å². The van der Waals surface area contributed by atoms with Crippen LogP contribution < -0.4 is 5.32 Å². The molecule has 1 saturated heterocycles. The first-order chi connectivity index (χ1) is 7.09. The van der Waals surface area contributed by atoms with Gasteiger partial charge in [0.25, 0.3) is 0 Å². The summed E-state index contributed by atoms with van der Waals surface area (Å²) in [4.78, 5) is 11.0. The third-order valence-corrected chi connectivity index (χ3v) is 3.82. The van der Waals surface area contributed by atoms with Crippen molar-refractivity contribution in [3.63, 3.8) is 0 Å². The van der Waals surface area contributed by atoms with E-state index in [4.69, 9.17) is 5.11 Å². The van der Waals surface area contributed by atoms with Crippen LogP contribution in [0.15, 0.2) is 0 Å². The summed E-state index contributed by atoms with van der Waals surface area (Å²) in [6.07, 6.45) is 3.04. The molecule has 2 atom stereocenters. The number of hydrogen-bond acceptors (Lipinski definition) is 3. The minimum atomic E-state index is -0.709. The predicted molar refractivity (Wildman–Crippen MR) is 64.4 cm³/mol. The van der Waals surface area contributed by atoms with E-state index in [0.29, 0.717) is 12.0 Å². The molecule has 0 radical (unpaired) electrons. The summed E-state index contributed by atoms with van der Waals surface area (Å²) >= 11 is 1.92. The Morgan fingerprint density at radius 1 is 1.60 bits per heavy atom. The highest BCUT2D eigenvalue weighted by atomic mass is 32.2. The average molecular weight is 231 g/mol. The summed E-state index contributed by atoms with van der Waals surface area (Å²) in [6, 6.07) is 0.0253. The molecule has 88 valence electrons. The number of nitrogens with one attached hydrogen (secondary N) is 1. The van der Waals surface area contributed by atoms with Gasteiger partial charge in [0.05, 0.1) is 0 Å². The smallest absolute Gasteiger partial charge is 0.320 e. The lowest BCUT2D eigenvalue weighted by atomic mass is 10.0. The standard InChI is InChI=1S/C11H21NO2S/c1-8(2)6-10(11(13)14)12-9-4-3-5-15-7-9/h8-10,12H,3-7H2,1-2H3,(H,13,14). The van der Waals surface area contributed by atoms with Gasteiger partial charge in [-0.3, -0.25) is 4.79 Å². The molecule has 0 bridgehead atoms. The Labute approximate surface area is 96.0 Å². The van der Waals surface area contributed by atoms with Crippen molar-refractivity contribution in [1.82, 2.24) is 5.32 Å². The maximum atomic E-state index is 11.0. The molecule has 0 aromatic carbocycles. The van der Waals surface area contributed by atoms with Crippen molar-refractivity contribution in [2.24, 2.45) is 5.92 Å². The number of thioether (sulfide) groups is 1. The lowest BCUT2D eigenvalue weighted by molar-refractivity contribution is -0.140. The maximum absolute atomic E-state index is 11.0. The van der Waals surface area contributed by atoms with Gasteiger partial charge in [-0.2, -0.15) is 11.8 Å². The van der Waals surface area contributed by atoms with E-state index in [1.54, 1.807) is 0 Å². The zero-order valence-electron chi connectivity index (χ0n) is 9.53. The van der Waals surface area contributed by atoms with Crippen molar-refractivity contribution in [3.8, 4) is 0 Å². The summed E-state index contributed by atoms with van der Waals surface area (Å²) < 4.78 is 0. The van der Waals surface area contributed by atoms with Gasteiger partial charge < -0.3 is 10.4 Å². The van der Waals surface area contributed by atoms with Crippen LogP contribution in [0.3, 0.4) is 0 Å². The fourth-order valence-corrected chi connectivity index (χ4v) is 2.95. The van der Waals surface area contributed by atoms with E-state index < -0.39 is 5.97 Å². The van der Waals surface area contributed by atoms with Crippen LogP contribution in [0.5, 0.6) is 0 Å². The van der Waals surface area contributed by atoms with Gasteiger partial charge in [0.15, 0.2) is 0 Å². The molecule has 1 heterocycles. The van der Waals surface area contributed by atoms with Crippen LogP contribution in [0, 0.1) is 5.92 Å². The summed E-state index contributed by atoms with van der Waals surface area (Å²) in [7, 11) is 0. The average Bonchev–Trinajstić information content (AvgIpc) is 2.17. The molecule has 15 heavy (non-hydrogen) atoms. The Kier molecular flexibility index (Phi) is 5.47. The lowest BCUT2D eigenvalue weighted by Gasteiger charge is -2.26. The first-order valence-corrected chi connectivity index (χ1v) is 6.81. The Morgan fingerprint density at radius 3 is 2.80 bits per heavy atom. The Bertz CT molecular complexity index is 203. The highest BCUT2D eigenvalue weighted by molar-refractivity contribution is 7.99. The molecule has 2 unspecified atom stereocenters. The molecule has 2 N–H and O–H groups in total. The molecule has 1 fully saturated rings. The fourth-order valence-electron chi connectivity index (χ4n) is 1.87. The highest BCUT2D eigenvalue weighted by Crippen LogP contribution is 2.18. The predicted octanol–water partition coefficient (Wildman–Crippen LogP) is 1.97. The van der Waals surface area contributed by atoms with Gasteiger partial charge in [-0.1, -0.05) is 13.8 Å². The molecule has 0 aliphatic carbocycles. The second-order valence-corrected chi connectivity index (χ2v) is 5.75. The van der Waals surface area contributed by atoms with Crippen molar-refractivity contribution in [2.75, 3.05) is 11.5 Å². The van der Waals surface area contributed by atoms with Crippen LogP contribution in [-0.4, -0.2) is 34.7 Å². The van der Waals surface area contributed by atoms with Gasteiger partial charge in [-0.15, -0.1) is 0 Å². The Balaban J connectivity index is 2.38. The highest BCUT2D eigenvalue weighted by Gasteiger charge is 2.23. The van der Waals surface area contributed by atoms with Crippen LogP contribution >= 0.6 is 11.8 Å². The quantitative estimate of drug-likeness (QED) is 0.759. The molecule has 1 aliphatic heterocycles. The topological polar surface area (TPSA) is 49.3 Å². The van der Waals surface area contributed by atoms with Crippen molar-refractivity contribution in [2.45, 2.75) is 45.2 Å². The first kappa shape index (κ1) is 12.8. The molecule has 0 aromatic heterocycles. The summed E-state index contributed by atoms with van der Waals surface area (Å²) in [5.41, 5.74) is 0. The van der Waals surface area contributed by atoms with E-state index >= 15 is 0 Å². The summed E-state index contributed by atoms with van der Waals surface area (Å²) in [5.74, 6) is 2.00. The van der Waals surface area contributed by atoms with Crippen LogP contribution in [0.25, 0.3) is 0 Å². The molecular weight excluding hydrogens is 210 g/mol. The van der Waals surface area contributed by atoms with Gasteiger partial charge >= 0.3 is 5.97 Å². The first-order valence-electron chi connectivity index (χ1n) is 5.66. The SMILES string of the molecule is CC(C)CC(NC1CCCSC1)C(=O)O.